The molecule has 2 unspecified atom stereocenters. The summed E-state index contributed by atoms with van der Waals surface area (Å²) >= 11 is 0. The number of hydrogen-bond acceptors (Lipinski definition) is 3. The maximum absolute atomic E-state index is 12.8. The van der Waals surface area contributed by atoms with E-state index in [1.54, 1.807) is 7.11 Å². The number of rotatable bonds is 3. The molecule has 0 saturated carbocycles. The molecule has 0 aliphatic carbocycles. The summed E-state index contributed by atoms with van der Waals surface area (Å²) in [6, 6.07) is 8.26. The van der Waals surface area contributed by atoms with Crippen LogP contribution in [0.1, 0.15) is 37.3 Å². The third-order valence-electron chi connectivity index (χ3n) is 4.68. The Labute approximate surface area is 138 Å². The maximum Gasteiger partial charge on any atom is 0.227 e. The van der Waals surface area contributed by atoms with Crippen LogP contribution in [0.2, 0.25) is 0 Å². The molecule has 0 aromatic heterocycles. The molecule has 122 valence electrons. The third-order valence-corrected chi connectivity index (χ3v) is 4.68. The molecule has 2 heterocycles. The van der Waals surface area contributed by atoms with Crippen LogP contribution in [-0.4, -0.2) is 37.6 Å². The van der Waals surface area contributed by atoms with Gasteiger partial charge in [0.15, 0.2) is 0 Å². The van der Waals surface area contributed by atoms with E-state index >= 15 is 0 Å². The molecule has 0 radical (unpaired) electrons. The first-order valence-corrected chi connectivity index (χ1v) is 7.95. The first-order chi connectivity index (χ1) is 10.3. The predicted octanol–water partition coefficient (Wildman–Crippen LogP) is 2.78. The van der Waals surface area contributed by atoms with Gasteiger partial charge in [0.05, 0.1) is 19.1 Å². The van der Waals surface area contributed by atoms with Crippen molar-refractivity contribution in [2.24, 2.45) is 5.92 Å². The van der Waals surface area contributed by atoms with Crippen molar-refractivity contribution in [1.82, 2.24) is 10.2 Å². The molecule has 2 aliphatic heterocycles. The number of piperidine rings is 1. The Morgan fingerprint density at radius 1 is 1.27 bits per heavy atom. The Morgan fingerprint density at radius 3 is 2.82 bits per heavy atom. The number of hydrogen-bond donors (Lipinski definition) is 1. The van der Waals surface area contributed by atoms with E-state index in [1.165, 1.54) is 0 Å². The first kappa shape index (κ1) is 17.1. The van der Waals surface area contributed by atoms with Crippen LogP contribution in [0.15, 0.2) is 24.3 Å². The van der Waals surface area contributed by atoms with E-state index in [0.717, 1.165) is 56.6 Å². The second kappa shape index (κ2) is 7.84. The second-order valence-corrected chi connectivity index (χ2v) is 5.97. The van der Waals surface area contributed by atoms with Gasteiger partial charge in [0.1, 0.15) is 5.75 Å². The van der Waals surface area contributed by atoms with Gasteiger partial charge in [0.2, 0.25) is 5.91 Å². The zero-order chi connectivity index (χ0) is 14.7. The first-order valence-electron chi connectivity index (χ1n) is 7.95. The number of carbonyl (C=O) groups excluding carboxylic acids is 1. The zero-order valence-electron chi connectivity index (χ0n) is 13.1. The number of nitrogens with zero attached hydrogens (tertiary/aromatic N) is 1. The number of halogens is 1. The molecule has 22 heavy (non-hydrogen) atoms. The lowest BCUT2D eigenvalue weighted by molar-refractivity contribution is -0.137. The molecule has 1 N–H and O–H groups in total. The molecule has 1 amide bonds. The highest BCUT2D eigenvalue weighted by molar-refractivity contribution is 5.85. The standard InChI is InChI=1S/C17H24N2O2.ClH/c1-21-16-9-3-2-7-14(16)15-8-5-11-19(15)17(20)13-6-4-10-18-12-13;/h2-3,7,9,13,15,18H,4-6,8,10-12H2,1H3;1H. The summed E-state index contributed by atoms with van der Waals surface area (Å²) in [4.78, 5) is 14.9. The predicted molar refractivity (Wildman–Crippen MR) is 89.5 cm³/mol. The van der Waals surface area contributed by atoms with Gasteiger partial charge < -0.3 is 15.0 Å². The minimum absolute atomic E-state index is 0. The van der Waals surface area contributed by atoms with E-state index in [1.807, 2.05) is 18.2 Å². The lowest BCUT2D eigenvalue weighted by atomic mass is 9.96. The smallest absolute Gasteiger partial charge is 0.227 e. The summed E-state index contributed by atoms with van der Waals surface area (Å²) in [6.07, 6.45) is 4.23. The number of ether oxygens (including phenoxy) is 1. The molecule has 4 nitrogen and oxygen atoms in total. The average molecular weight is 325 g/mol. The molecule has 0 bridgehead atoms. The monoisotopic (exact) mass is 324 g/mol. The van der Waals surface area contributed by atoms with Crippen molar-refractivity contribution in [3.8, 4) is 5.75 Å². The molecule has 2 saturated heterocycles. The molecule has 2 atom stereocenters. The van der Waals surface area contributed by atoms with Gasteiger partial charge in [-0.25, -0.2) is 0 Å². The van der Waals surface area contributed by atoms with Crippen molar-refractivity contribution in [2.75, 3.05) is 26.7 Å². The van der Waals surface area contributed by atoms with E-state index in [4.69, 9.17) is 4.74 Å². The number of nitrogens with one attached hydrogen (secondary N) is 1. The van der Waals surface area contributed by atoms with E-state index < -0.39 is 0 Å². The van der Waals surface area contributed by atoms with Crippen LogP contribution in [0.3, 0.4) is 0 Å². The molecular formula is C17H25ClN2O2. The van der Waals surface area contributed by atoms with Crippen LogP contribution in [-0.2, 0) is 4.79 Å². The molecule has 3 rings (SSSR count). The summed E-state index contributed by atoms with van der Waals surface area (Å²) in [6.45, 7) is 2.74. The molecule has 0 spiro atoms. The second-order valence-electron chi connectivity index (χ2n) is 5.97. The third kappa shape index (κ3) is 3.39. The largest absolute Gasteiger partial charge is 0.496 e. The van der Waals surface area contributed by atoms with Crippen LogP contribution >= 0.6 is 12.4 Å². The van der Waals surface area contributed by atoms with E-state index in [0.29, 0.717) is 5.91 Å². The van der Waals surface area contributed by atoms with Crippen molar-refractivity contribution in [3.05, 3.63) is 29.8 Å². The lowest BCUT2D eigenvalue weighted by Gasteiger charge is -2.31. The maximum atomic E-state index is 12.8. The Kier molecular flexibility index (Phi) is 6.09. The molecule has 5 heteroatoms. The van der Waals surface area contributed by atoms with Gasteiger partial charge >= 0.3 is 0 Å². The highest BCUT2D eigenvalue weighted by atomic mass is 35.5. The fourth-order valence-electron chi connectivity index (χ4n) is 3.59. The van der Waals surface area contributed by atoms with Crippen LogP contribution in [0.5, 0.6) is 5.75 Å². The fraction of sp³-hybridized carbons (Fsp3) is 0.588. The normalized spacial score (nSPS) is 24.7. The summed E-state index contributed by atoms with van der Waals surface area (Å²) in [7, 11) is 1.70. The number of amides is 1. The minimum Gasteiger partial charge on any atom is -0.496 e. The van der Waals surface area contributed by atoms with E-state index in [9.17, 15) is 4.79 Å². The SMILES string of the molecule is COc1ccccc1C1CCCN1C(=O)C1CCCNC1.Cl. The van der Waals surface area contributed by atoms with Gasteiger partial charge in [-0.05, 0) is 38.3 Å². The number of likely N-dealkylation sites (tertiary alicyclic amines) is 1. The van der Waals surface area contributed by atoms with Gasteiger partial charge in [-0.2, -0.15) is 0 Å². The van der Waals surface area contributed by atoms with E-state index in [2.05, 4.69) is 16.3 Å². The van der Waals surface area contributed by atoms with Crippen molar-refractivity contribution in [2.45, 2.75) is 31.7 Å². The van der Waals surface area contributed by atoms with Gasteiger partial charge in [0, 0.05) is 18.7 Å². The van der Waals surface area contributed by atoms with Crippen LogP contribution in [0.4, 0.5) is 0 Å². The van der Waals surface area contributed by atoms with Crippen molar-refractivity contribution in [1.29, 1.82) is 0 Å². The van der Waals surface area contributed by atoms with Crippen molar-refractivity contribution >= 4 is 18.3 Å². The Bertz CT molecular complexity index is 503. The van der Waals surface area contributed by atoms with Crippen molar-refractivity contribution < 1.29 is 9.53 Å². The fourth-order valence-corrected chi connectivity index (χ4v) is 3.59. The molecule has 2 aliphatic rings. The van der Waals surface area contributed by atoms with Crippen LogP contribution < -0.4 is 10.1 Å². The Morgan fingerprint density at radius 2 is 2.09 bits per heavy atom. The topological polar surface area (TPSA) is 41.6 Å². The average Bonchev–Trinajstić information content (AvgIpc) is 3.04. The van der Waals surface area contributed by atoms with Gasteiger partial charge in [-0.1, -0.05) is 18.2 Å². The number of carbonyl (C=O) groups is 1. The highest BCUT2D eigenvalue weighted by Crippen LogP contribution is 2.38. The quantitative estimate of drug-likeness (QED) is 0.929. The van der Waals surface area contributed by atoms with E-state index in [-0.39, 0.29) is 24.4 Å². The number of para-hydroxylation sites is 1. The summed E-state index contributed by atoms with van der Waals surface area (Å²) < 4.78 is 5.48. The summed E-state index contributed by atoms with van der Waals surface area (Å²) in [5.74, 6) is 1.36. The Hall–Kier alpha value is -1.26. The lowest BCUT2D eigenvalue weighted by Crippen LogP contribution is -2.42. The Balaban J connectivity index is 0.00000176. The van der Waals surface area contributed by atoms with Gasteiger partial charge in [-0.3, -0.25) is 4.79 Å². The molecule has 1 aromatic rings. The summed E-state index contributed by atoms with van der Waals surface area (Å²) in [5, 5.41) is 3.34. The van der Waals surface area contributed by atoms with Crippen LogP contribution in [0, 0.1) is 5.92 Å². The van der Waals surface area contributed by atoms with Crippen molar-refractivity contribution in [3.63, 3.8) is 0 Å². The van der Waals surface area contributed by atoms with Crippen LogP contribution in [0.25, 0.3) is 0 Å². The zero-order valence-corrected chi connectivity index (χ0v) is 13.9. The molecule has 1 aromatic carbocycles. The highest BCUT2D eigenvalue weighted by Gasteiger charge is 2.35. The van der Waals surface area contributed by atoms with Gasteiger partial charge in [-0.15, -0.1) is 12.4 Å². The molecular weight excluding hydrogens is 300 g/mol. The van der Waals surface area contributed by atoms with Gasteiger partial charge in [0.25, 0.3) is 0 Å². The molecule has 2 fully saturated rings. The minimum atomic E-state index is 0. The number of benzene rings is 1. The summed E-state index contributed by atoms with van der Waals surface area (Å²) in [5.41, 5.74) is 1.15. The number of methoxy groups -OCH3 is 1.